The molecule has 0 N–H and O–H groups in total. The standard InChI is InChI=1S/C18H18F3NO/c1-13(15-8-4-3-5-9-15)22(2)17(23)12-14-7-6-10-16(11-14)18(19,20)21/h3-11,13H,12H2,1-2H3. The summed E-state index contributed by atoms with van der Waals surface area (Å²) in [5.74, 6) is -0.222. The van der Waals surface area contributed by atoms with Gasteiger partial charge in [-0.1, -0.05) is 48.5 Å². The van der Waals surface area contributed by atoms with E-state index >= 15 is 0 Å². The molecule has 0 bridgehead atoms. The Labute approximate surface area is 133 Å². The highest BCUT2D eigenvalue weighted by atomic mass is 19.4. The van der Waals surface area contributed by atoms with Crippen molar-refractivity contribution in [3.8, 4) is 0 Å². The van der Waals surface area contributed by atoms with Crippen LogP contribution >= 0.6 is 0 Å². The van der Waals surface area contributed by atoms with E-state index in [-0.39, 0.29) is 18.4 Å². The first-order valence-electron chi connectivity index (χ1n) is 7.26. The first-order valence-corrected chi connectivity index (χ1v) is 7.26. The van der Waals surface area contributed by atoms with Crippen LogP contribution in [0.4, 0.5) is 13.2 Å². The molecule has 0 aliphatic carbocycles. The van der Waals surface area contributed by atoms with Gasteiger partial charge in [0.15, 0.2) is 0 Å². The molecule has 0 saturated carbocycles. The van der Waals surface area contributed by atoms with E-state index in [1.165, 1.54) is 12.1 Å². The van der Waals surface area contributed by atoms with Crippen molar-refractivity contribution in [3.63, 3.8) is 0 Å². The quantitative estimate of drug-likeness (QED) is 0.814. The smallest absolute Gasteiger partial charge is 0.339 e. The first-order chi connectivity index (χ1) is 10.8. The average molecular weight is 321 g/mol. The third-order valence-electron chi connectivity index (χ3n) is 3.87. The summed E-state index contributed by atoms with van der Waals surface area (Å²) in [5.41, 5.74) is 0.603. The van der Waals surface area contributed by atoms with E-state index < -0.39 is 11.7 Å². The second kappa shape index (κ2) is 6.86. The lowest BCUT2D eigenvalue weighted by Crippen LogP contribution is -2.31. The number of halogens is 3. The molecule has 1 atom stereocenters. The Morgan fingerprint density at radius 3 is 2.35 bits per heavy atom. The minimum absolute atomic E-state index is 0.0579. The lowest BCUT2D eigenvalue weighted by Gasteiger charge is -2.25. The molecular weight excluding hydrogens is 303 g/mol. The Balaban J connectivity index is 2.10. The lowest BCUT2D eigenvalue weighted by atomic mass is 10.0. The molecule has 0 fully saturated rings. The van der Waals surface area contributed by atoms with Crippen molar-refractivity contribution in [2.45, 2.75) is 25.6 Å². The van der Waals surface area contributed by atoms with Gasteiger partial charge in [0.05, 0.1) is 18.0 Å². The molecule has 1 amide bonds. The van der Waals surface area contributed by atoms with Crippen molar-refractivity contribution in [3.05, 3.63) is 71.3 Å². The van der Waals surface area contributed by atoms with E-state index in [4.69, 9.17) is 0 Å². The van der Waals surface area contributed by atoms with Crippen molar-refractivity contribution < 1.29 is 18.0 Å². The van der Waals surface area contributed by atoms with Gasteiger partial charge >= 0.3 is 6.18 Å². The van der Waals surface area contributed by atoms with Gasteiger partial charge in [-0.15, -0.1) is 0 Å². The van der Waals surface area contributed by atoms with Crippen LogP contribution in [0.3, 0.4) is 0 Å². The normalized spacial score (nSPS) is 12.7. The number of likely N-dealkylation sites (N-methyl/N-ethyl adjacent to an activating group) is 1. The summed E-state index contributed by atoms with van der Waals surface area (Å²) in [4.78, 5) is 13.9. The Kier molecular flexibility index (Phi) is 5.08. The zero-order valence-electron chi connectivity index (χ0n) is 13.0. The van der Waals surface area contributed by atoms with Crippen LogP contribution in [0.1, 0.15) is 29.7 Å². The molecule has 0 radical (unpaired) electrons. The van der Waals surface area contributed by atoms with E-state index in [0.717, 1.165) is 17.7 Å². The second-order valence-electron chi connectivity index (χ2n) is 5.47. The highest BCUT2D eigenvalue weighted by Crippen LogP contribution is 2.29. The number of amides is 1. The van der Waals surface area contributed by atoms with Gasteiger partial charge in [0.25, 0.3) is 0 Å². The largest absolute Gasteiger partial charge is 0.416 e. The molecule has 2 nitrogen and oxygen atoms in total. The van der Waals surface area contributed by atoms with Crippen LogP contribution in [0.5, 0.6) is 0 Å². The Morgan fingerprint density at radius 1 is 1.09 bits per heavy atom. The molecule has 0 heterocycles. The number of hydrogen-bond acceptors (Lipinski definition) is 1. The maximum absolute atomic E-state index is 12.7. The third-order valence-corrected chi connectivity index (χ3v) is 3.87. The lowest BCUT2D eigenvalue weighted by molar-refractivity contribution is -0.138. The first kappa shape index (κ1) is 17.1. The summed E-state index contributed by atoms with van der Waals surface area (Å²) in [6, 6.07) is 14.2. The van der Waals surface area contributed by atoms with Crippen LogP contribution in [0.25, 0.3) is 0 Å². The van der Waals surface area contributed by atoms with Crippen molar-refractivity contribution in [1.29, 1.82) is 0 Å². The van der Waals surface area contributed by atoms with Gasteiger partial charge in [0.1, 0.15) is 0 Å². The predicted molar refractivity (Wildman–Crippen MR) is 82.8 cm³/mol. The van der Waals surface area contributed by atoms with Gasteiger partial charge in [0.2, 0.25) is 5.91 Å². The molecule has 2 rings (SSSR count). The molecular formula is C18H18F3NO. The van der Waals surface area contributed by atoms with Crippen molar-refractivity contribution in [1.82, 2.24) is 4.90 Å². The summed E-state index contributed by atoms with van der Waals surface area (Å²) in [6.45, 7) is 1.89. The molecule has 2 aromatic carbocycles. The summed E-state index contributed by atoms with van der Waals surface area (Å²) in [6.07, 6.45) is -4.46. The monoisotopic (exact) mass is 321 g/mol. The molecule has 122 valence electrons. The fraction of sp³-hybridized carbons (Fsp3) is 0.278. The maximum atomic E-state index is 12.7. The number of carbonyl (C=O) groups excluding carboxylic acids is 1. The van der Waals surface area contributed by atoms with Crippen molar-refractivity contribution in [2.75, 3.05) is 7.05 Å². The number of nitrogens with zero attached hydrogens (tertiary/aromatic N) is 1. The molecule has 0 aliphatic heterocycles. The summed E-state index contributed by atoms with van der Waals surface area (Å²) in [7, 11) is 1.66. The highest BCUT2D eigenvalue weighted by Gasteiger charge is 2.30. The molecule has 0 aliphatic rings. The van der Waals surface area contributed by atoms with E-state index in [1.54, 1.807) is 11.9 Å². The van der Waals surface area contributed by atoms with Gasteiger partial charge in [-0.25, -0.2) is 0 Å². The maximum Gasteiger partial charge on any atom is 0.416 e. The Hall–Kier alpha value is -2.30. The molecule has 1 unspecified atom stereocenters. The van der Waals surface area contributed by atoms with Crippen molar-refractivity contribution in [2.24, 2.45) is 0 Å². The number of alkyl halides is 3. The molecule has 5 heteroatoms. The van der Waals surface area contributed by atoms with Gasteiger partial charge < -0.3 is 4.90 Å². The van der Waals surface area contributed by atoms with Crippen LogP contribution < -0.4 is 0 Å². The van der Waals surface area contributed by atoms with Gasteiger partial charge in [0, 0.05) is 7.05 Å². The third kappa shape index (κ3) is 4.34. The Morgan fingerprint density at radius 2 is 1.74 bits per heavy atom. The minimum Gasteiger partial charge on any atom is -0.339 e. The number of hydrogen-bond donors (Lipinski definition) is 0. The van der Waals surface area contributed by atoms with E-state index in [2.05, 4.69) is 0 Å². The molecule has 0 saturated heterocycles. The summed E-state index contributed by atoms with van der Waals surface area (Å²) < 4.78 is 38.2. The summed E-state index contributed by atoms with van der Waals surface area (Å²) >= 11 is 0. The van der Waals surface area contributed by atoms with Gasteiger partial charge in [-0.05, 0) is 24.1 Å². The SMILES string of the molecule is CC(c1ccccc1)N(C)C(=O)Cc1cccc(C(F)(F)F)c1. The van der Waals surface area contributed by atoms with Crippen LogP contribution in [-0.4, -0.2) is 17.9 Å². The zero-order valence-corrected chi connectivity index (χ0v) is 13.0. The van der Waals surface area contributed by atoms with Crippen LogP contribution in [0, 0.1) is 0 Å². The van der Waals surface area contributed by atoms with Gasteiger partial charge in [-0.3, -0.25) is 4.79 Å². The average Bonchev–Trinajstić information content (AvgIpc) is 2.53. The van der Waals surface area contributed by atoms with Crippen LogP contribution in [0.15, 0.2) is 54.6 Å². The second-order valence-corrected chi connectivity index (χ2v) is 5.47. The predicted octanol–water partition coefficient (Wildman–Crippen LogP) is 4.47. The fourth-order valence-electron chi connectivity index (χ4n) is 2.33. The highest BCUT2D eigenvalue weighted by molar-refractivity contribution is 5.79. The number of benzene rings is 2. The fourth-order valence-corrected chi connectivity index (χ4v) is 2.33. The zero-order chi connectivity index (χ0) is 17.0. The van der Waals surface area contributed by atoms with Crippen LogP contribution in [0.2, 0.25) is 0 Å². The minimum atomic E-state index is -4.40. The van der Waals surface area contributed by atoms with Crippen molar-refractivity contribution >= 4 is 5.91 Å². The van der Waals surface area contributed by atoms with Gasteiger partial charge in [-0.2, -0.15) is 13.2 Å². The molecule has 2 aromatic rings. The molecule has 0 spiro atoms. The molecule has 0 aromatic heterocycles. The van der Waals surface area contributed by atoms with E-state index in [9.17, 15) is 18.0 Å². The van der Waals surface area contributed by atoms with E-state index in [1.807, 2.05) is 37.3 Å². The van der Waals surface area contributed by atoms with E-state index in [0.29, 0.717) is 5.56 Å². The number of rotatable bonds is 4. The number of carbonyl (C=O) groups is 1. The topological polar surface area (TPSA) is 20.3 Å². The molecule has 23 heavy (non-hydrogen) atoms. The summed E-state index contributed by atoms with van der Waals surface area (Å²) in [5, 5.41) is 0. The Bertz CT molecular complexity index is 667. The van der Waals surface area contributed by atoms with Crippen LogP contribution in [-0.2, 0) is 17.4 Å².